The van der Waals surface area contributed by atoms with Crippen molar-refractivity contribution in [3.63, 3.8) is 0 Å². The number of nitrogens with zero attached hydrogens (tertiary/aromatic N) is 1. The fourth-order valence-corrected chi connectivity index (χ4v) is 6.49. The van der Waals surface area contributed by atoms with Crippen LogP contribution in [-0.2, 0) is 14.4 Å². The first-order valence-corrected chi connectivity index (χ1v) is 15.7. The van der Waals surface area contributed by atoms with Crippen molar-refractivity contribution in [1.82, 2.24) is 5.32 Å². The lowest BCUT2D eigenvalue weighted by Gasteiger charge is -2.29. The highest BCUT2D eigenvalue weighted by atomic mass is 16.2. The highest BCUT2D eigenvalue weighted by Crippen LogP contribution is 2.44. The van der Waals surface area contributed by atoms with Gasteiger partial charge in [-0.25, -0.2) is 0 Å². The molecule has 0 spiro atoms. The Kier molecular flexibility index (Phi) is 8.60. The van der Waals surface area contributed by atoms with Crippen LogP contribution >= 0.6 is 0 Å². The van der Waals surface area contributed by atoms with E-state index >= 15 is 0 Å². The maximum absolute atomic E-state index is 14.8. The van der Waals surface area contributed by atoms with Crippen LogP contribution in [0.4, 0.5) is 11.4 Å². The number of carbonyl (C=O) groups is 4. The molecule has 7 nitrogen and oxygen atoms in total. The highest BCUT2D eigenvalue weighted by Gasteiger charge is 2.41. The Hall–Kier alpha value is -5.04. The van der Waals surface area contributed by atoms with Gasteiger partial charge in [-0.1, -0.05) is 111 Å². The molecule has 1 heterocycles. The van der Waals surface area contributed by atoms with Crippen LogP contribution in [0.3, 0.4) is 0 Å². The molecule has 3 atom stereocenters. The molecule has 6 rings (SSSR count). The summed E-state index contributed by atoms with van der Waals surface area (Å²) in [5, 5.41) is 3.08. The minimum atomic E-state index is -1.04. The minimum Gasteiger partial charge on any atom is -0.369 e. The van der Waals surface area contributed by atoms with Crippen molar-refractivity contribution in [3.8, 4) is 11.1 Å². The lowest BCUT2D eigenvalue weighted by Crippen LogP contribution is -2.46. The first kappa shape index (κ1) is 30.0. The van der Waals surface area contributed by atoms with E-state index < -0.39 is 23.8 Å². The van der Waals surface area contributed by atoms with E-state index in [1.807, 2.05) is 73.7 Å². The second kappa shape index (κ2) is 12.9. The molecular formula is C38H37N3O4. The molecule has 2 aliphatic rings. The monoisotopic (exact) mass is 599 g/mol. The number of ketones is 1. The summed E-state index contributed by atoms with van der Waals surface area (Å²) in [5.74, 6) is -2.20. The summed E-state index contributed by atoms with van der Waals surface area (Å²) in [5.41, 5.74) is 10.3. The van der Waals surface area contributed by atoms with E-state index in [-0.39, 0.29) is 17.6 Å². The number of hydrogen-bond donors (Lipinski definition) is 2. The molecule has 1 saturated carbocycles. The standard InChI is InChI=1S/C38H37N3O4/c1-2-11-31(36(39)43)32(22-24-20-21-24)37(44)40-34-30-18-7-6-16-28(30)29-17-8-9-19-33(29)41(38(34)45)27-15-10-14-26(23-27)35(42)25-12-4-3-5-13-25/h3-10,12-19,23-24,31-32,34H,2,11,20-22H2,1H3,(H2,39,43)(H,40,44)/t31-,32+,34?/m0/s1. The van der Waals surface area contributed by atoms with Gasteiger partial charge in [0.2, 0.25) is 11.8 Å². The van der Waals surface area contributed by atoms with Crippen molar-refractivity contribution in [1.29, 1.82) is 0 Å². The number of primary amides is 1. The topological polar surface area (TPSA) is 110 Å². The average molecular weight is 600 g/mol. The maximum Gasteiger partial charge on any atom is 0.258 e. The van der Waals surface area contributed by atoms with E-state index in [4.69, 9.17) is 5.73 Å². The van der Waals surface area contributed by atoms with Gasteiger partial charge in [-0.2, -0.15) is 0 Å². The second-order valence-electron chi connectivity index (χ2n) is 12.0. The molecule has 0 bridgehead atoms. The Morgan fingerprint density at radius 1 is 0.822 bits per heavy atom. The number of nitrogens with one attached hydrogen (secondary N) is 1. The Morgan fingerprint density at radius 2 is 1.49 bits per heavy atom. The maximum atomic E-state index is 14.8. The van der Waals surface area contributed by atoms with E-state index in [9.17, 15) is 19.2 Å². The normalized spacial score (nSPS) is 17.0. The summed E-state index contributed by atoms with van der Waals surface area (Å²) in [6.07, 6.45) is 3.83. The number of para-hydroxylation sites is 1. The van der Waals surface area contributed by atoms with Gasteiger partial charge in [-0.3, -0.25) is 24.1 Å². The van der Waals surface area contributed by atoms with Gasteiger partial charge in [-0.15, -0.1) is 0 Å². The van der Waals surface area contributed by atoms with Crippen LogP contribution in [0.25, 0.3) is 11.1 Å². The molecule has 0 aromatic heterocycles. The Bertz CT molecular complexity index is 1750. The summed E-state index contributed by atoms with van der Waals surface area (Å²) in [4.78, 5) is 56.5. The number of rotatable bonds is 11. The number of fused-ring (bicyclic) bond motifs is 3. The first-order valence-electron chi connectivity index (χ1n) is 15.7. The summed E-state index contributed by atoms with van der Waals surface area (Å²) in [7, 11) is 0. The third kappa shape index (κ3) is 6.16. The molecule has 228 valence electrons. The SMILES string of the molecule is CCC[C@H](C(N)=O)[C@@H](CC1CC1)C(=O)NC1C(=O)N(c2cccc(C(=O)c3ccccc3)c2)c2ccccc2-c2ccccc21. The number of hydrogen-bond acceptors (Lipinski definition) is 4. The van der Waals surface area contributed by atoms with Crippen LogP contribution in [0.15, 0.2) is 103 Å². The number of amides is 3. The van der Waals surface area contributed by atoms with Crippen molar-refractivity contribution in [3.05, 3.63) is 120 Å². The van der Waals surface area contributed by atoms with Crippen LogP contribution < -0.4 is 16.0 Å². The molecule has 3 amide bonds. The van der Waals surface area contributed by atoms with Crippen molar-refractivity contribution in [2.45, 2.75) is 45.1 Å². The number of carbonyl (C=O) groups excluding carboxylic acids is 4. The van der Waals surface area contributed by atoms with Gasteiger partial charge in [-0.05, 0) is 48.1 Å². The van der Waals surface area contributed by atoms with Crippen molar-refractivity contribution in [2.24, 2.45) is 23.5 Å². The van der Waals surface area contributed by atoms with E-state index in [2.05, 4.69) is 5.32 Å². The van der Waals surface area contributed by atoms with E-state index in [0.717, 1.165) is 24.0 Å². The molecule has 3 N–H and O–H groups in total. The molecule has 1 fully saturated rings. The summed E-state index contributed by atoms with van der Waals surface area (Å²) >= 11 is 0. The summed E-state index contributed by atoms with van der Waals surface area (Å²) < 4.78 is 0. The smallest absolute Gasteiger partial charge is 0.258 e. The third-order valence-corrected chi connectivity index (χ3v) is 8.94. The van der Waals surface area contributed by atoms with Crippen molar-refractivity contribution < 1.29 is 19.2 Å². The molecule has 4 aromatic carbocycles. The number of nitrogens with two attached hydrogens (primary N) is 1. The van der Waals surface area contributed by atoms with Crippen LogP contribution in [0, 0.1) is 17.8 Å². The van der Waals surface area contributed by atoms with Crippen LogP contribution in [0.5, 0.6) is 0 Å². The molecular weight excluding hydrogens is 562 g/mol. The van der Waals surface area contributed by atoms with Crippen LogP contribution in [-0.4, -0.2) is 23.5 Å². The predicted octanol–water partition coefficient (Wildman–Crippen LogP) is 6.74. The Morgan fingerprint density at radius 3 is 2.20 bits per heavy atom. The lowest BCUT2D eigenvalue weighted by molar-refractivity contribution is -0.136. The lowest BCUT2D eigenvalue weighted by atomic mass is 9.83. The van der Waals surface area contributed by atoms with Gasteiger partial charge in [0.25, 0.3) is 5.91 Å². The van der Waals surface area contributed by atoms with Crippen LogP contribution in [0.1, 0.15) is 66.6 Å². The largest absolute Gasteiger partial charge is 0.369 e. The summed E-state index contributed by atoms with van der Waals surface area (Å²) in [6.45, 7) is 1.97. The summed E-state index contributed by atoms with van der Waals surface area (Å²) in [6, 6.07) is 30.2. The van der Waals surface area contributed by atoms with E-state index in [1.54, 1.807) is 41.3 Å². The van der Waals surface area contributed by atoms with E-state index in [0.29, 0.717) is 53.2 Å². The first-order chi connectivity index (χ1) is 21.9. The predicted molar refractivity (Wildman–Crippen MR) is 175 cm³/mol. The van der Waals surface area contributed by atoms with E-state index in [1.165, 1.54) is 0 Å². The molecule has 0 saturated heterocycles. The van der Waals surface area contributed by atoms with Gasteiger partial charge in [0.15, 0.2) is 5.78 Å². The zero-order valence-corrected chi connectivity index (χ0v) is 25.3. The zero-order valence-electron chi connectivity index (χ0n) is 25.3. The Balaban J connectivity index is 1.43. The van der Waals surface area contributed by atoms with Crippen molar-refractivity contribution >= 4 is 34.9 Å². The average Bonchev–Trinajstić information content (AvgIpc) is 3.90. The fraction of sp³-hybridized carbons (Fsp3) is 0.263. The zero-order chi connectivity index (χ0) is 31.5. The Labute approximate surface area is 263 Å². The van der Waals surface area contributed by atoms with Gasteiger partial charge in [0.1, 0.15) is 6.04 Å². The number of benzene rings is 4. The number of anilines is 2. The quantitative estimate of drug-likeness (QED) is 0.186. The van der Waals surface area contributed by atoms with Crippen molar-refractivity contribution in [2.75, 3.05) is 4.90 Å². The van der Waals surface area contributed by atoms with Gasteiger partial charge < -0.3 is 11.1 Å². The highest BCUT2D eigenvalue weighted by molar-refractivity contribution is 6.13. The van der Waals surface area contributed by atoms with Gasteiger partial charge in [0.05, 0.1) is 5.69 Å². The second-order valence-corrected chi connectivity index (χ2v) is 12.0. The fourth-order valence-electron chi connectivity index (χ4n) is 6.49. The molecule has 4 aromatic rings. The van der Waals surface area contributed by atoms with Gasteiger partial charge in [0, 0.05) is 34.2 Å². The molecule has 1 aliphatic carbocycles. The molecule has 45 heavy (non-hydrogen) atoms. The van der Waals surface area contributed by atoms with Crippen LogP contribution in [0.2, 0.25) is 0 Å². The molecule has 1 unspecified atom stereocenters. The molecule has 7 heteroatoms. The molecule has 1 aliphatic heterocycles. The molecule has 0 radical (unpaired) electrons. The third-order valence-electron chi connectivity index (χ3n) is 8.94. The minimum absolute atomic E-state index is 0.155. The van der Waals surface area contributed by atoms with Gasteiger partial charge >= 0.3 is 0 Å².